The zero-order valence-electron chi connectivity index (χ0n) is 20.6. The van der Waals surface area contributed by atoms with Gasteiger partial charge in [0, 0.05) is 24.2 Å². The Bertz CT molecular complexity index is 1210. The molecule has 0 atom stereocenters. The highest BCUT2D eigenvalue weighted by molar-refractivity contribution is 6.34. The average Bonchev–Trinajstić information content (AvgIpc) is 2.83. The number of carbonyl (C=O) groups is 1. The molecule has 1 N–H and O–H groups in total. The fourth-order valence-corrected chi connectivity index (χ4v) is 3.70. The highest BCUT2D eigenvalue weighted by Crippen LogP contribution is 2.37. The summed E-state index contributed by atoms with van der Waals surface area (Å²) in [6.07, 6.45) is -1.06. The molecular formula is C25H27ClF4N4O2. The number of allylic oxidation sites excluding steroid dienone is 5. The van der Waals surface area contributed by atoms with Crippen LogP contribution >= 0.6 is 11.6 Å². The number of carbonyl (C=O) groups excluding carboxylic acids is 1. The van der Waals surface area contributed by atoms with Gasteiger partial charge in [-0.1, -0.05) is 23.7 Å². The van der Waals surface area contributed by atoms with Crippen molar-refractivity contribution in [2.75, 3.05) is 13.7 Å². The topological polar surface area (TPSA) is 66.3 Å². The smallest absolute Gasteiger partial charge is 0.402 e. The summed E-state index contributed by atoms with van der Waals surface area (Å²) in [4.78, 5) is 22.9. The first-order chi connectivity index (χ1) is 16.8. The molecule has 1 amide bonds. The van der Waals surface area contributed by atoms with E-state index in [4.69, 9.17) is 16.3 Å². The lowest BCUT2D eigenvalue weighted by Gasteiger charge is -2.30. The molecule has 0 bridgehead atoms. The van der Waals surface area contributed by atoms with Gasteiger partial charge >= 0.3 is 12.2 Å². The Hall–Kier alpha value is -3.14. The molecule has 0 spiro atoms. The molecule has 1 aliphatic heterocycles. The van der Waals surface area contributed by atoms with Crippen LogP contribution in [0.3, 0.4) is 0 Å². The van der Waals surface area contributed by atoms with Gasteiger partial charge < -0.3 is 15.0 Å². The van der Waals surface area contributed by atoms with Gasteiger partial charge in [-0.15, -0.1) is 0 Å². The van der Waals surface area contributed by atoms with Gasteiger partial charge in [0.25, 0.3) is 0 Å². The van der Waals surface area contributed by atoms with Crippen molar-refractivity contribution >= 4 is 29.4 Å². The zero-order chi connectivity index (χ0) is 26.8. The van der Waals surface area contributed by atoms with Gasteiger partial charge in [-0.05, 0) is 63.5 Å². The van der Waals surface area contributed by atoms with Crippen LogP contribution in [0.1, 0.15) is 45.2 Å². The maximum absolute atomic E-state index is 14.3. The van der Waals surface area contributed by atoms with Gasteiger partial charge in [0.15, 0.2) is 0 Å². The van der Waals surface area contributed by atoms with Crippen molar-refractivity contribution in [3.05, 3.63) is 69.3 Å². The number of amidine groups is 2. The van der Waals surface area contributed by atoms with E-state index in [1.165, 1.54) is 13.2 Å². The second-order valence-corrected chi connectivity index (χ2v) is 9.24. The van der Waals surface area contributed by atoms with Crippen LogP contribution in [0.5, 0.6) is 0 Å². The number of amides is 1. The molecule has 1 aromatic carbocycles. The Balaban J connectivity index is 1.98. The number of benzene rings is 1. The van der Waals surface area contributed by atoms with E-state index >= 15 is 0 Å². The monoisotopic (exact) mass is 526 g/mol. The van der Waals surface area contributed by atoms with Gasteiger partial charge in [-0.3, -0.25) is 4.79 Å². The molecule has 2 aliphatic rings. The third-order valence-electron chi connectivity index (χ3n) is 6.01. The summed E-state index contributed by atoms with van der Waals surface area (Å²) in [6, 6.07) is 4.84. The summed E-state index contributed by atoms with van der Waals surface area (Å²) in [5.74, 6) is -0.691. The second-order valence-electron chi connectivity index (χ2n) is 8.83. The van der Waals surface area contributed by atoms with Gasteiger partial charge in [-0.2, -0.15) is 23.2 Å². The molecule has 0 saturated carbocycles. The molecule has 0 unspecified atom stereocenters. The molecule has 0 saturated heterocycles. The van der Waals surface area contributed by atoms with Crippen LogP contribution in [-0.4, -0.2) is 42.5 Å². The van der Waals surface area contributed by atoms with Crippen molar-refractivity contribution in [1.82, 2.24) is 10.2 Å². The van der Waals surface area contributed by atoms with Gasteiger partial charge in [0.2, 0.25) is 5.91 Å². The Labute approximate surface area is 212 Å². The average molecular weight is 527 g/mol. The lowest BCUT2D eigenvalue weighted by atomic mass is 9.91. The van der Waals surface area contributed by atoms with Crippen LogP contribution < -0.4 is 5.32 Å². The molecule has 6 nitrogen and oxygen atoms in total. The molecule has 0 aromatic heterocycles. The minimum absolute atomic E-state index is 0.0407. The normalized spacial score (nSPS) is 18.8. The fourth-order valence-electron chi connectivity index (χ4n) is 3.50. The Morgan fingerprint density at radius 2 is 1.94 bits per heavy atom. The first-order valence-electron chi connectivity index (χ1n) is 11.2. The van der Waals surface area contributed by atoms with E-state index < -0.39 is 17.5 Å². The summed E-state index contributed by atoms with van der Waals surface area (Å²) in [6.45, 7) is 5.45. The van der Waals surface area contributed by atoms with Crippen molar-refractivity contribution in [1.29, 1.82) is 0 Å². The Morgan fingerprint density at radius 1 is 1.25 bits per heavy atom. The molecule has 36 heavy (non-hydrogen) atoms. The maximum atomic E-state index is 14.3. The third kappa shape index (κ3) is 5.48. The highest BCUT2D eigenvalue weighted by atomic mass is 35.5. The largest absolute Gasteiger partial charge is 0.467 e. The fraction of sp³-hybridized carbons (Fsp3) is 0.400. The van der Waals surface area contributed by atoms with Gasteiger partial charge in [0.1, 0.15) is 22.9 Å². The van der Waals surface area contributed by atoms with E-state index in [0.717, 1.165) is 13.8 Å². The third-order valence-corrected chi connectivity index (χ3v) is 6.34. The molecular weight excluding hydrogens is 500 g/mol. The molecule has 11 heteroatoms. The van der Waals surface area contributed by atoms with Crippen molar-refractivity contribution in [2.45, 2.75) is 46.8 Å². The predicted octanol–water partition coefficient (Wildman–Crippen LogP) is 6.04. The predicted molar refractivity (Wildman–Crippen MR) is 131 cm³/mol. The van der Waals surface area contributed by atoms with Crippen molar-refractivity contribution in [2.24, 2.45) is 15.4 Å². The molecule has 0 fully saturated rings. The lowest BCUT2D eigenvalue weighted by molar-refractivity contribution is -0.211. The molecule has 1 heterocycles. The van der Waals surface area contributed by atoms with Crippen LogP contribution in [0, 0.1) is 5.41 Å². The standard InChI is InChI=1S/C25H27ClF4N4O2/c1-6-34-20(16-9-7-14(2)19(27)12-16)32-23(36-5)33-21(34)17-11-15(8-10-18(17)26)13-31-22(35)24(3,4)25(28,29)30/h7-8,10-12H,6,9,13H2,1-5H3,(H,31,35). The Morgan fingerprint density at radius 3 is 2.53 bits per heavy atom. The zero-order valence-corrected chi connectivity index (χ0v) is 21.3. The van der Waals surface area contributed by atoms with Crippen LogP contribution in [0.4, 0.5) is 17.6 Å². The van der Waals surface area contributed by atoms with Gasteiger partial charge in [-0.25, -0.2) is 4.39 Å². The molecule has 1 aromatic rings. The molecule has 0 radical (unpaired) electrons. The summed E-state index contributed by atoms with van der Waals surface area (Å²) < 4.78 is 59.2. The number of alkyl halides is 3. The second kappa shape index (κ2) is 10.5. The van der Waals surface area contributed by atoms with Gasteiger partial charge in [0.05, 0.1) is 12.1 Å². The minimum Gasteiger partial charge on any atom is -0.467 e. The van der Waals surface area contributed by atoms with Crippen LogP contribution in [0.2, 0.25) is 5.02 Å². The first-order valence-corrected chi connectivity index (χ1v) is 11.6. The number of methoxy groups -OCH3 is 1. The SMILES string of the molecule is CCN1C(c2cc(CNC(=O)C(C)(C)C(F)(F)F)ccc2Cl)=NC(OC)=NC1=C1C=C(F)C(C)=CC1. The first kappa shape index (κ1) is 27.4. The highest BCUT2D eigenvalue weighted by Gasteiger charge is 2.52. The van der Waals surface area contributed by atoms with E-state index in [9.17, 15) is 22.4 Å². The number of nitrogens with one attached hydrogen (secondary N) is 1. The Kier molecular flexibility index (Phi) is 7.97. The summed E-state index contributed by atoms with van der Waals surface area (Å²) in [5.41, 5.74) is -0.424. The maximum Gasteiger partial charge on any atom is 0.402 e. The number of hydrogen-bond donors (Lipinski definition) is 1. The molecule has 1 aliphatic carbocycles. The van der Waals surface area contributed by atoms with Crippen LogP contribution in [-0.2, 0) is 16.1 Å². The number of halogens is 5. The van der Waals surface area contributed by atoms with E-state index in [1.807, 2.05) is 6.92 Å². The minimum atomic E-state index is -4.69. The molecule has 3 rings (SSSR count). The van der Waals surface area contributed by atoms with E-state index in [2.05, 4.69) is 15.3 Å². The number of hydrogen-bond acceptors (Lipinski definition) is 5. The van der Waals surface area contributed by atoms with Crippen molar-refractivity contribution in [3.8, 4) is 0 Å². The summed E-state index contributed by atoms with van der Waals surface area (Å²) in [7, 11) is 1.40. The number of rotatable bonds is 5. The van der Waals surface area contributed by atoms with Crippen LogP contribution in [0.15, 0.2) is 63.1 Å². The van der Waals surface area contributed by atoms with E-state index in [0.29, 0.717) is 51.9 Å². The van der Waals surface area contributed by atoms with E-state index in [1.54, 1.807) is 36.1 Å². The quantitative estimate of drug-likeness (QED) is 0.475. The number of ether oxygens (including phenoxy) is 1. The van der Waals surface area contributed by atoms with Crippen LogP contribution in [0.25, 0.3) is 0 Å². The number of nitrogens with zero attached hydrogens (tertiary/aromatic N) is 3. The number of aliphatic imine (C=N–C) groups is 2. The summed E-state index contributed by atoms with van der Waals surface area (Å²) >= 11 is 6.49. The van der Waals surface area contributed by atoms with Crippen molar-refractivity contribution in [3.63, 3.8) is 0 Å². The lowest BCUT2D eigenvalue weighted by Crippen LogP contribution is -2.46. The van der Waals surface area contributed by atoms with E-state index in [-0.39, 0.29) is 18.4 Å². The molecule has 194 valence electrons. The van der Waals surface area contributed by atoms with Crippen molar-refractivity contribution < 1.29 is 27.1 Å². The summed E-state index contributed by atoms with van der Waals surface area (Å²) in [5, 5.41) is 2.66.